The van der Waals surface area contributed by atoms with Gasteiger partial charge in [-0.25, -0.2) is 14.4 Å². The maximum atomic E-state index is 13.8. The number of likely N-dealkylation sites (tertiary alicyclic amines) is 1. The normalized spacial score (nSPS) is 16.5. The van der Waals surface area contributed by atoms with Gasteiger partial charge in [0.05, 0.1) is 24.1 Å². The van der Waals surface area contributed by atoms with Crippen molar-refractivity contribution in [3.05, 3.63) is 71.6 Å². The fraction of sp³-hybridized carbons (Fsp3) is 0.333. The zero-order valence-electron chi connectivity index (χ0n) is 18.3. The van der Waals surface area contributed by atoms with Crippen molar-refractivity contribution >= 4 is 23.2 Å². The summed E-state index contributed by atoms with van der Waals surface area (Å²) >= 11 is 0. The lowest BCUT2D eigenvalue weighted by atomic mass is 9.94. The van der Waals surface area contributed by atoms with Gasteiger partial charge in [-0.2, -0.15) is 0 Å². The predicted molar refractivity (Wildman–Crippen MR) is 122 cm³/mol. The molecule has 4 rings (SSSR count). The minimum Gasteiger partial charge on any atom is -0.323 e. The Labute approximate surface area is 187 Å². The summed E-state index contributed by atoms with van der Waals surface area (Å²) in [6.07, 6.45) is 3.79. The fourth-order valence-electron chi connectivity index (χ4n) is 4.03. The Kier molecular flexibility index (Phi) is 6.70. The highest BCUT2D eigenvalue weighted by Gasteiger charge is 2.24. The number of carbonyl (C=O) groups excluding carboxylic acids is 1. The number of hydrogen-bond acceptors (Lipinski definition) is 6. The average molecular weight is 435 g/mol. The molecule has 1 amide bonds. The summed E-state index contributed by atoms with van der Waals surface area (Å²) in [7, 11) is 0. The van der Waals surface area contributed by atoms with Crippen LogP contribution in [0.25, 0.3) is 0 Å². The van der Waals surface area contributed by atoms with Gasteiger partial charge in [-0.05, 0) is 63.6 Å². The van der Waals surface area contributed by atoms with E-state index < -0.39 is 5.82 Å². The molecule has 2 N–H and O–H groups in total. The molecule has 3 heterocycles. The van der Waals surface area contributed by atoms with Crippen molar-refractivity contribution in [1.82, 2.24) is 19.9 Å². The van der Waals surface area contributed by atoms with Crippen LogP contribution in [0.2, 0.25) is 0 Å². The van der Waals surface area contributed by atoms with E-state index in [1.54, 1.807) is 24.4 Å². The summed E-state index contributed by atoms with van der Waals surface area (Å²) in [5.74, 6) is 0.163. The highest BCUT2D eigenvalue weighted by atomic mass is 19.1. The van der Waals surface area contributed by atoms with Crippen LogP contribution in [-0.2, 0) is 4.79 Å². The topological polar surface area (TPSA) is 83.0 Å². The van der Waals surface area contributed by atoms with Crippen molar-refractivity contribution in [2.24, 2.45) is 0 Å². The molecule has 1 aromatic carbocycles. The van der Waals surface area contributed by atoms with E-state index in [1.165, 1.54) is 6.07 Å². The number of nitrogens with one attached hydrogen (secondary N) is 2. The first-order valence-corrected chi connectivity index (χ1v) is 10.8. The standard InChI is InChI=1S/C24H27FN6O/c1-16-12-17(2)28-24(27-16)29-19-9-10-21(26-13-19)18-6-5-11-31(14-18)15-23(32)30-22-8-4-3-7-20(22)25/h3-4,7-10,12-13,18H,5-6,11,14-15H2,1-2H3,(H,30,32)(H,27,28,29). The van der Waals surface area contributed by atoms with Gasteiger partial charge in [-0.15, -0.1) is 0 Å². The van der Waals surface area contributed by atoms with Crippen LogP contribution in [0.15, 0.2) is 48.7 Å². The molecule has 8 heteroatoms. The van der Waals surface area contributed by atoms with Crippen LogP contribution in [0.3, 0.4) is 0 Å². The second-order valence-electron chi connectivity index (χ2n) is 8.17. The third-order valence-corrected chi connectivity index (χ3v) is 5.46. The van der Waals surface area contributed by atoms with E-state index in [9.17, 15) is 9.18 Å². The molecular formula is C24H27FN6O. The summed E-state index contributed by atoms with van der Waals surface area (Å²) in [6, 6.07) is 12.1. The summed E-state index contributed by atoms with van der Waals surface area (Å²) in [5, 5.41) is 5.86. The quantitative estimate of drug-likeness (QED) is 0.605. The van der Waals surface area contributed by atoms with Crippen LogP contribution in [0.1, 0.15) is 35.8 Å². The van der Waals surface area contributed by atoms with Gasteiger partial charge < -0.3 is 10.6 Å². The second-order valence-corrected chi connectivity index (χ2v) is 8.17. The molecule has 1 atom stereocenters. The highest BCUT2D eigenvalue weighted by molar-refractivity contribution is 5.92. The van der Waals surface area contributed by atoms with Gasteiger partial charge in [0.1, 0.15) is 5.82 Å². The predicted octanol–water partition coefficient (Wildman–Crippen LogP) is 4.19. The Balaban J connectivity index is 1.34. The molecule has 0 aliphatic carbocycles. The maximum absolute atomic E-state index is 13.8. The first-order chi connectivity index (χ1) is 15.5. The highest BCUT2D eigenvalue weighted by Crippen LogP contribution is 2.26. The van der Waals surface area contributed by atoms with E-state index in [1.807, 2.05) is 32.0 Å². The molecule has 0 saturated carbocycles. The van der Waals surface area contributed by atoms with E-state index in [0.29, 0.717) is 5.95 Å². The van der Waals surface area contributed by atoms with Crippen molar-refractivity contribution in [3.63, 3.8) is 0 Å². The fourth-order valence-corrected chi connectivity index (χ4v) is 4.03. The first kappa shape index (κ1) is 21.8. The zero-order chi connectivity index (χ0) is 22.5. The Hall–Kier alpha value is -3.39. The van der Waals surface area contributed by atoms with Crippen molar-refractivity contribution in [2.75, 3.05) is 30.3 Å². The molecule has 0 spiro atoms. The molecule has 1 fully saturated rings. The molecular weight excluding hydrogens is 407 g/mol. The number of pyridine rings is 1. The second kappa shape index (κ2) is 9.82. The summed E-state index contributed by atoms with van der Waals surface area (Å²) in [6.45, 7) is 5.68. The number of piperidine rings is 1. The molecule has 2 aromatic heterocycles. The van der Waals surface area contributed by atoms with Gasteiger partial charge >= 0.3 is 0 Å². The molecule has 0 bridgehead atoms. The van der Waals surface area contributed by atoms with Gasteiger partial charge in [-0.1, -0.05) is 12.1 Å². The average Bonchev–Trinajstić information content (AvgIpc) is 2.75. The lowest BCUT2D eigenvalue weighted by molar-refractivity contribution is -0.117. The largest absolute Gasteiger partial charge is 0.323 e. The van der Waals surface area contributed by atoms with Crippen LogP contribution in [-0.4, -0.2) is 45.4 Å². The van der Waals surface area contributed by atoms with E-state index >= 15 is 0 Å². The van der Waals surface area contributed by atoms with E-state index in [4.69, 9.17) is 0 Å². The number of benzene rings is 1. The van der Waals surface area contributed by atoms with E-state index in [0.717, 1.165) is 48.7 Å². The smallest absolute Gasteiger partial charge is 0.238 e. The molecule has 0 radical (unpaired) electrons. The van der Waals surface area contributed by atoms with Crippen LogP contribution >= 0.6 is 0 Å². The molecule has 32 heavy (non-hydrogen) atoms. The Morgan fingerprint density at radius 2 is 1.94 bits per heavy atom. The van der Waals surface area contributed by atoms with Gasteiger partial charge in [0.15, 0.2) is 0 Å². The number of rotatable bonds is 6. The minimum absolute atomic E-state index is 0.211. The molecule has 1 aliphatic heterocycles. The Morgan fingerprint density at radius 1 is 1.16 bits per heavy atom. The number of halogens is 1. The number of hydrogen-bond donors (Lipinski definition) is 2. The third kappa shape index (κ3) is 5.64. The summed E-state index contributed by atoms with van der Waals surface area (Å²) in [4.78, 5) is 27.9. The van der Waals surface area contributed by atoms with Crippen LogP contribution in [0.5, 0.6) is 0 Å². The van der Waals surface area contributed by atoms with Gasteiger partial charge in [0, 0.05) is 29.5 Å². The molecule has 1 aliphatic rings. The Morgan fingerprint density at radius 3 is 2.66 bits per heavy atom. The van der Waals surface area contributed by atoms with Gasteiger partial charge in [0.2, 0.25) is 11.9 Å². The van der Waals surface area contributed by atoms with Crippen molar-refractivity contribution < 1.29 is 9.18 Å². The van der Waals surface area contributed by atoms with Gasteiger partial charge in [-0.3, -0.25) is 14.7 Å². The number of nitrogens with zero attached hydrogens (tertiary/aromatic N) is 4. The summed E-state index contributed by atoms with van der Waals surface area (Å²) < 4.78 is 13.8. The van der Waals surface area contributed by atoms with E-state index in [2.05, 4.69) is 30.5 Å². The van der Waals surface area contributed by atoms with Crippen molar-refractivity contribution in [3.8, 4) is 0 Å². The van der Waals surface area contributed by atoms with Crippen LogP contribution in [0.4, 0.5) is 21.7 Å². The molecule has 3 aromatic rings. The van der Waals surface area contributed by atoms with Gasteiger partial charge in [0.25, 0.3) is 0 Å². The van der Waals surface area contributed by atoms with Crippen LogP contribution < -0.4 is 10.6 Å². The number of aromatic nitrogens is 3. The maximum Gasteiger partial charge on any atom is 0.238 e. The van der Waals surface area contributed by atoms with E-state index in [-0.39, 0.29) is 24.1 Å². The lowest BCUT2D eigenvalue weighted by Gasteiger charge is -2.32. The number of anilines is 3. The number of para-hydroxylation sites is 1. The Bertz CT molecular complexity index is 1070. The first-order valence-electron chi connectivity index (χ1n) is 10.8. The monoisotopic (exact) mass is 434 g/mol. The molecule has 1 saturated heterocycles. The van der Waals surface area contributed by atoms with Crippen molar-refractivity contribution in [1.29, 1.82) is 0 Å². The zero-order valence-corrected chi connectivity index (χ0v) is 18.3. The number of aryl methyl sites for hydroxylation is 2. The minimum atomic E-state index is -0.429. The molecule has 166 valence electrons. The number of amides is 1. The molecule has 1 unspecified atom stereocenters. The molecule has 7 nitrogen and oxygen atoms in total. The SMILES string of the molecule is Cc1cc(C)nc(Nc2ccc(C3CCCN(CC(=O)Nc4ccccc4F)C3)nc2)n1. The third-order valence-electron chi connectivity index (χ3n) is 5.46. The number of carbonyl (C=O) groups is 1. The van der Waals surface area contributed by atoms with Crippen molar-refractivity contribution in [2.45, 2.75) is 32.6 Å². The summed E-state index contributed by atoms with van der Waals surface area (Å²) in [5.41, 5.74) is 3.85. The lowest BCUT2D eigenvalue weighted by Crippen LogP contribution is -2.40. The van der Waals surface area contributed by atoms with Crippen LogP contribution in [0, 0.1) is 19.7 Å².